The van der Waals surface area contributed by atoms with Crippen molar-refractivity contribution in [2.75, 3.05) is 20.8 Å². The highest BCUT2D eigenvalue weighted by Crippen LogP contribution is 2.34. The highest BCUT2D eigenvalue weighted by atomic mass is 32.2. The number of para-hydroxylation sites is 1. The summed E-state index contributed by atoms with van der Waals surface area (Å²) in [7, 11) is 3.08. The molecule has 9 heteroatoms. The number of carbonyl (C=O) groups is 1. The van der Waals surface area contributed by atoms with E-state index in [0.29, 0.717) is 35.0 Å². The molecule has 0 radical (unpaired) electrons. The number of benzene rings is 2. The lowest BCUT2D eigenvalue weighted by molar-refractivity contribution is -0.131. The van der Waals surface area contributed by atoms with Crippen molar-refractivity contribution < 1.29 is 28.5 Å². The lowest BCUT2D eigenvalue weighted by Crippen LogP contribution is -1.98. The predicted octanol–water partition coefficient (Wildman–Crippen LogP) is 4.37. The van der Waals surface area contributed by atoms with Crippen LogP contribution in [0, 0.1) is 0 Å². The summed E-state index contributed by atoms with van der Waals surface area (Å²) in [6.45, 7) is 2.33. The van der Waals surface area contributed by atoms with Crippen LogP contribution in [-0.4, -0.2) is 42.1 Å². The van der Waals surface area contributed by atoms with Gasteiger partial charge in [0, 0.05) is 17.2 Å². The lowest BCUT2D eigenvalue weighted by Gasteiger charge is -2.07. The summed E-state index contributed by atoms with van der Waals surface area (Å²) < 4.78 is 21.7. The zero-order valence-corrected chi connectivity index (χ0v) is 17.4. The molecule has 0 aliphatic carbocycles. The molecule has 3 aromatic rings. The first-order valence-corrected chi connectivity index (χ1v) is 9.77. The van der Waals surface area contributed by atoms with E-state index in [-0.39, 0.29) is 16.0 Å². The van der Waals surface area contributed by atoms with E-state index >= 15 is 0 Å². The Kier molecular flexibility index (Phi) is 6.97. The minimum Gasteiger partial charge on any atom is -0.497 e. The highest BCUT2D eigenvalue weighted by molar-refractivity contribution is 8.03. The zero-order chi connectivity index (χ0) is 21.5. The maximum atomic E-state index is 11.8. The molecule has 0 spiro atoms. The van der Waals surface area contributed by atoms with Crippen molar-refractivity contribution in [3.05, 3.63) is 52.9 Å². The molecule has 0 bridgehead atoms. The number of methoxy groups -OCH3 is 2. The molecule has 0 saturated heterocycles. The van der Waals surface area contributed by atoms with Crippen LogP contribution in [0.15, 0.2) is 57.0 Å². The van der Waals surface area contributed by atoms with Gasteiger partial charge in [-0.05, 0) is 43.0 Å². The Morgan fingerprint density at radius 2 is 1.83 bits per heavy atom. The number of nitrogens with zero attached hydrogens (tertiary/aromatic N) is 2. The zero-order valence-electron chi connectivity index (χ0n) is 16.6. The minimum absolute atomic E-state index is 0.0144. The molecule has 0 amide bonds. The molecule has 0 fully saturated rings. The molecule has 3 rings (SSSR count). The number of aliphatic carboxylic acids is 1. The topological polar surface area (TPSA) is 104 Å². The average molecular weight is 428 g/mol. The summed E-state index contributed by atoms with van der Waals surface area (Å²) >= 11 is 0.857. The van der Waals surface area contributed by atoms with Crippen LogP contribution < -0.4 is 14.2 Å². The molecule has 0 aliphatic rings. The van der Waals surface area contributed by atoms with E-state index in [9.17, 15) is 9.90 Å². The van der Waals surface area contributed by atoms with Gasteiger partial charge >= 0.3 is 5.97 Å². The van der Waals surface area contributed by atoms with Gasteiger partial charge in [0.1, 0.15) is 22.2 Å². The fourth-order valence-electron chi connectivity index (χ4n) is 2.56. The first-order chi connectivity index (χ1) is 14.5. The molecule has 1 heterocycles. The molecule has 0 unspecified atom stereocenters. The second-order valence-electron chi connectivity index (χ2n) is 5.86. The van der Waals surface area contributed by atoms with Crippen LogP contribution in [0.5, 0.6) is 17.2 Å². The Morgan fingerprint density at radius 1 is 1.13 bits per heavy atom. The first-order valence-electron chi connectivity index (χ1n) is 8.95. The third kappa shape index (κ3) is 5.12. The third-order valence-electron chi connectivity index (χ3n) is 3.92. The smallest absolute Gasteiger partial charge is 0.342 e. The van der Waals surface area contributed by atoms with Gasteiger partial charge in [0.15, 0.2) is 0 Å². The van der Waals surface area contributed by atoms with Crippen molar-refractivity contribution in [3.8, 4) is 28.7 Å². The minimum atomic E-state index is -1.12. The molecule has 2 aromatic carbocycles. The molecular weight excluding hydrogens is 408 g/mol. The van der Waals surface area contributed by atoms with Crippen molar-refractivity contribution in [2.45, 2.75) is 12.1 Å². The van der Waals surface area contributed by atoms with Crippen molar-refractivity contribution in [2.24, 2.45) is 0 Å². The van der Waals surface area contributed by atoms with E-state index in [2.05, 4.69) is 10.2 Å². The van der Waals surface area contributed by atoms with E-state index in [1.54, 1.807) is 36.4 Å². The summed E-state index contributed by atoms with van der Waals surface area (Å²) in [5.74, 6) is 0.822. The SMILES string of the molecule is CCOc1ccccc1/C=C(\Sc1nnc(-c2cc(OC)cc(OC)c2)o1)C(=O)O. The van der Waals surface area contributed by atoms with E-state index in [1.807, 2.05) is 13.0 Å². The van der Waals surface area contributed by atoms with Gasteiger partial charge in [-0.3, -0.25) is 0 Å². The standard InChI is InChI=1S/C21H20N2O6S/c1-4-28-17-8-6-5-7-13(17)11-18(20(24)25)30-21-23-22-19(29-21)14-9-15(26-2)12-16(10-14)27-3/h5-12H,4H2,1-3H3,(H,24,25)/b18-11-. The number of thioether (sulfide) groups is 1. The van der Waals surface area contributed by atoms with Crippen molar-refractivity contribution in [1.29, 1.82) is 0 Å². The largest absolute Gasteiger partial charge is 0.497 e. The highest BCUT2D eigenvalue weighted by Gasteiger charge is 2.17. The number of aromatic nitrogens is 2. The van der Waals surface area contributed by atoms with Gasteiger partial charge in [-0.2, -0.15) is 0 Å². The Hall–Kier alpha value is -3.46. The number of ether oxygens (including phenoxy) is 3. The van der Waals surface area contributed by atoms with Crippen LogP contribution in [0.25, 0.3) is 17.5 Å². The summed E-state index contributed by atoms with van der Waals surface area (Å²) in [5, 5.41) is 17.7. The molecule has 0 saturated carbocycles. The average Bonchev–Trinajstić information content (AvgIpc) is 3.23. The maximum Gasteiger partial charge on any atom is 0.342 e. The molecule has 1 N–H and O–H groups in total. The van der Waals surface area contributed by atoms with Crippen LogP contribution in [0.4, 0.5) is 0 Å². The van der Waals surface area contributed by atoms with Crippen LogP contribution in [0.2, 0.25) is 0 Å². The van der Waals surface area contributed by atoms with Gasteiger partial charge in [0.05, 0.1) is 20.8 Å². The molecule has 0 aliphatic heterocycles. The van der Waals surface area contributed by atoms with Gasteiger partial charge in [-0.25, -0.2) is 4.79 Å². The molecule has 0 atom stereocenters. The normalized spacial score (nSPS) is 11.2. The fourth-order valence-corrected chi connectivity index (χ4v) is 3.22. The second-order valence-corrected chi connectivity index (χ2v) is 6.85. The van der Waals surface area contributed by atoms with Gasteiger partial charge < -0.3 is 23.7 Å². The summed E-state index contributed by atoms with van der Waals surface area (Å²) in [6.07, 6.45) is 1.51. The number of carboxylic acids is 1. The molecule has 156 valence electrons. The van der Waals surface area contributed by atoms with E-state index in [1.165, 1.54) is 20.3 Å². The van der Waals surface area contributed by atoms with Crippen molar-refractivity contribution >= 4 is 23.8 Å². The summed E-state index contributed by atoms with van der Waals surface area (Å²) in [5.41, 5.74) is 1.23. The third-order valence-corrected chi connectivity index (χ3v) is 4.77. The Morgan fingerprint density at radius 3 is 2.47 bits per heavy atom. The number of hydrogen-bond donors (Lipinski definition) is 1. The molecular formula is C21H20N2O6S. The predicted molar refractivity (Wildman–Crippen MR) is 112 cm³/mol. The van der Waals surface area contributed by atoms with Crippen LogP contribution in [0.1, 0.15) is 12.5 Å². The summed E-state index contributed by atoms with van der Waals surface area (Å²) in [4.78, 5) is 11.8. The van der Waals surface area contributed by atoms with E-state index in [0.717, 1.165) is 11.8 Å². The fraction of sp³-hybridized carbons (Fsp3) is 0.190. The monoisotopic (exact) mass is 428 g/mol. The summed E-state index contributed by atoms with van der Waals surface area (Å²) in [6, 6.07) is 12.3. The van der Waals surface area contributed by atoms with E-state index < -0.39 is 5.97 Å². The molecule has 8 nitrogen and oxygen atoms in total. The van der Waals surface area contributed by atoms with Crippen molar-refractivity contribution in [3.63, 3.8) is 0 Å². The van der Waals surface area contributed by atoms with Gasteiger partial charge in [-0.1, -0.05) is 18.2 Å². The maximum absolute atomic E-state index is 11.8. The Bertz CT molecular complexity index is 1040. The van der Waals surface area contributed by atoms with Crippen molar-refractivity contribution in [1.82, 2.24) is 10.2 Å². The van der Waals surface area contributed by atoms with E-state index in [4.69, 9.17) is 18.6 Å². The van der Waals surface area contributed by atoms with Gasteiger partial charge in [0.2, 0.25) is 5.89 Å². The first kappa shape index (κ1) is 21.3. The van der Waals surface area contributed by atoms with Crippen LogP contribution in [-0.2, 0) is 4.79 Å². The van der Waals surface area contributed by atoms with Crippen LogP contribution >= 0.6 is 11.8 Å². The number of carboxylic acid groups (broad SMARTS) is 1. The lowest BCUT2D eigenvalue weighted by atomic mass is 10.2. The molecule has 1 aromatic heterocycles. The Labute approximate surface area is 177 Å². The number of hydrogen-bond acceptors (Lipinski definition) is 8. The second kappa shape index (κ2) is 9.84. The molecule has 30 heavy (non-hydrogen) atoms. The quantitative estimate of drug-likeness (QED) is 0.393. The number of rotatable bonds is 9. The van der Waals surface area contributed by atoms with Gasteiger partial charge in [-0.15, -0.1) is 10.2 Å². The van der Waals surface area contributed by atoms with Gasteiger partial charge in [0.25, 0.3) is 5.22 Å². The van der Waals surface area contributed by atoms with Crippen LogP contribution in [0.3, 0.4) is 0 Å². The Balaban J connectivity index is 1.89.